The lowest BCUT2D eigenvalue weighted by Crippen LogP contribution is -2.18. The first-order valence-corrected chi connectivity index (χ1v) is 9.44. The highest BCUT2D eigenvalue weighted by atomic mass is 16.5. The summed E-state index contributed by atoms with van der Waals surface area (Å²) in [6, 6.07) is 14.0. The summed E-state index contributed by atoms with van der Waals surface area (Å²) >= 11 is 0. The first-order chi connectivity index (χ1) is 13.1. The van der Waals surface area contributed by atoms with Crippen molar-refractivity contribution in [2.75, 3.05) is 30.4 Å². The minimum atomic E-state index is -0.0178. The van der Waals surface area contributed by atoms with Crippen LogP contribution in [0.25, 0.3) is 10.9 Å². The number of benzene rings is 2. The molecule has 1 aromatic heterocycles. The second kappa shape index (κ2) is 7.35. The smallest absolute Gasteiger partial charge is 0.228 e. The Kier molecular flexibility index (Phi) is 4.75. The van der Waals surface area contributed by atoms with Crippen LogP contribution in [0.2, 0.25) is 0 Å². The largest absolute Gasteiger partial charge is 0.497 e. The Balaban J connectivity index is 1.47. The van der Waals surface area contributed by atoms with Crippen molar-refractivity contribution in [3.05, 3.63) is 53.7 Å². The second-order valence-corrected chi connectivity index (χ2v) is 7.11. The molecular formula is C22H25N3O2. The van der Waals surface area contributed by atoms with E-state index >= 15 is 0 Å². The number of methoxy groups -OCH3 is 1. The zero-order chi connectivity index (χ0) is 18.8. The zero-order valence-electron chi connectivity index (χ0n) is 15.8. The van der Waals surface area contributed by atoms with Gasteiger partial charge in [-0.3, -0.25) is 4.79 Å². The summed E-state index contributed by atoms with van der Waals surface area (Å²) in [5.41, 5.74) is 5.10. The summed E-state index contributed by atoms with van der Waals surface area (Å²) in [5, 5.41) is 4.05. The number of carbonyl (C=O) groups excluding carboxylic acids is 1. The number of amides is 1. The first kappa shape index (κ1) is 17.5. The third-order valence-electron chi connectivity index (χ3n) is 5.29. The van der Waals surface area contributed by atoms with Gasteiger partial charge in [0.25, 0.3) is 0 Å². The zero-order valence-corrected chi connectivity index (χ0v) is 15.8. The van der Waals surface area contributed by atoms with Crippen molar-refractivity contribution in [1.29, 1.82) is 0 Å². The quantitative estimate of drug-likeness (QED) is 0.712. The van der Waals surface area contributed by atoms with Crippen molar-refractivity contribution < 1.29 is 9.53 Å². The molecule has 140 valence electrons. The molecule has 3 aromatic rings. The van der Waals surface area contributed by atoms with Gasteiger partial charge in [-0.1, -0.05) is 0 Å². The number of aromatic nitrogens is 1. The van der Waals surface area contributed by atoms with Crippen molar-refractivity contribution >= 4 is 28.2 Å². The van der Waals surface area contributed by atoms with Gasteiger partial charge in [0.1, 0.15) is 5.75 Å². The predicted octanol–water partition coefficient (Wildman–Crippen LogP) is 4.27. The van der Waals surface area contributed by atoms with Crippen molar-refractivity contribution in [2.24, 2.45) is 0 Å². The van der Waals surface area contributed by atoms with Crippen LogP contribution in [0, 0.1) is 6.92 Å². The van der Waals surface area contributed by atoms with Gasteiger partial charge in [0, 0.05) is 41.1 Å². The second-order valence-electron chi connectivity index (χ2n) is 7.11. The van der Waals surface area contributed by atoms with Gasteiger partial charge in [-0.2, -0.15) is 0 Å². The number of nitrogens with one attached hydrogen (secondary N) is 2. The Labute approximate surface area is 159 Å². The highest BCUT2D eigenvalue weighted by Gasteiger charge is 2.15. The number of H-pyrrole nitrogens is 1. The van der Waals surface area contributed by atoms with Crippen LogP contribution in [-0.2, 0) is 11.2 Å². The molecule has 0 radical (unpaired) electrons. The third-order valence-corrected chi connectivity index (χ3v) is 5.29. The van der Waals surface area contributed by atoms with Crippen molar-refractivity contribution in [3.8, 4) is 5.75 Å². The molecule has 2 heterocycles. The number of ether oxygens (including phenoxy) is 1. The van der Waals surface area contributed by atoms with E-state index in [9.17, 15) is 4.79 Å². The van der Waals surface area contributed by atoms with Gasteiger partial charge in [0.15, 0.2) is 0 Å². The summed E-state index contributed by atoms with van der Waals surface area (Å²) in [7, 11) is 1.65. The summed E-state index contributed by atoms with van der Waals surface area (Å²) in [4.78, 5) is 18.3. The molecule has 0 bridgehead atoms. The van der Waals surface area contributed by atoms with Gasteiger partial charge in [0.2, 0.25) is 5.91 Å². The molecule has 0 unspecified atom stereocenters. The minimum Gasteiger partial charge on any atom is -0.497 e. The molecule has 0 aliphatic carbocycles. The fourth-order valence-corrected chi connectivity index (χ4v) is 3.81. The average molecular weight is 363 g/mol. The van der Waals surface area contributed by atoms with Gasteiger partial charge in [-0.25, -0.2) is 0 Å². The van der Waals surface area contributed by atoms with Crippen molar-refractivity contribution in [1.82, 2.24) is 4.98 Å². The average Bonchev–Trinajstić information content (AvgIpc) is 3.31. The summed E-state index contributed by atoms with van der Waals surface area (Å²) in [6.45, 7) is 4.24. The van der Waals surface area contributed by atoms with Crippen LogP contribution in [0.5, 0.6) is 5.75 Å². The van der Waals surface area contributed by atoms with E-state index in [0.717, 1.165) is 46.7 Å². The van der Waals surface area contributed by atoms with E-state index < -0.39 is 0 Å². The van der Waals surface area contributed by atoms with Crippen LogP contribution in [-0.4, -0.2) is 31.1 Å². The van der Waals surface area contributed by atoms with E-state index in [1.165, 1.54) is 18.5 Å². The fraction of sp³-hybridized carbons (Fsp3) is 0.318. The van der Waals surface area contributed by atoms with Gasteiger partial charge in [-0.05, 0) is 67.8 Å². The summed E-state index contributed by atoms with van der Waals surface area (Å²) in [6.07, 6.45) is 2.84. The highest BCUT2D eigenvalue weighted by molar-refractivity contribution is 5.96. The number of aromatic amines is 1. The molecule has 4 rings (SSSR count). The van der Waals surface area contributed by atoms with Crippen LogP contribution < -0.4 is 15.0 Å². The van der Waals surface area contributed by atoms with E-state index in [0.29, 0.717) is 6.42 Å². The van der Waals surface area contributed by atoms with Crippen LogP contribution in [0.1, 0.15) is 24.1 Å². The molecule has 5 heteroatoms. The lowest BCUT2D eigenvalue weighted by Gasteiger charge is -2.17. The maximum Gasteiger partial charge on any atom is 0.228 e. The third kappa shape index (κ3) is 3.63. The molecule has 0 saturated carbocycles. The van der Waals surface area contributed by atoms with E-state index in [4.69, 9.17) is 4.74 Å². The first-order valence-electron chi connectivity index (χ1n) is 9.44. The summed E-state index contributed by atoms with van der Waals surface area (Å²) in [5.74, 6) is 0.774. The van der Waals surface area contributed by atoms with E-state index in [1.807, 2.05) is 37.3 Å². The number of carbonyl (C=O) groups is 1. The number of nitrogens with zero attached hydrogens (tertiary/aromatic N) is 1. The predicted molar refractivity (Wildman–Crippen MR) is 110 cm³/mol. The van der Waals surface area contributed by atoms with E-state index in [2.05, 4.69) is 27.3 Å². The number of anilines is 2. The lowest BCUT2D eigenvalue weighted by atomic mass is 10.1. The van der Waals surface area contributed by atoms with Crippen molar-refractivity contribution in [2.45, 2.75) is 26.2 Å². The maximum atomic E-state index is 12.6. The standard InChI is InChI=1S/C22H25N3O2/c1-15-19(20-13-18(27-2)9-10-21(20)23-15)14-22(26)24-16-5-7-17(8-6-16)25-11-3-4-12-25/h5-10,13,23H,3-4,11-12,14H2,1-2H3,(H,24,26). The van der Waals surface area contributed by atoms with Crippen molar-refractivity contribution in [3.63, 3.8) is 0 Å². The molecule has 1 amide bonds. The van der Waals surface area contributed by atoms with Gasteiger partial charge >= 0.3 is 0 Å². The molecule has 0 spiro atoms. The Morgan fingerprint density at radius 3 is 2.59 bits per heavy atom. The molecular weight excluding hydrogens is 338 g/mol. The number of rotatable bonds is 5. The Morgan fingerprint density at radius 1 is 1.15 bits per heavy atom. The molecule has 0 atom stereocenters. The number of fused-ring (bicyclic) bond motifs is 1. The van der Waals surface area contributed by atoms with Gasteiger partial charge in [-0.15, -0.1) is 0 Å². The SMILES string of the molecule is COc1ccc2[nH]c(C)c(CC(=O)Nc3ccc(N4CCCC4)cc3)c2c1. The van der Waals surface area contributed by atoms with Gasteiger partial charge in [0.05, 0.1) is 13.5 Å². The van der Waals surface area contributed by atoms with Gasteiger partial charge < -0.3 is 19.9 Å². The fourth-order valence-electron chi connectivity index (χ4n) is 3.81. The van der Waals surface area contributed by atoms with Crippen LogP contribution in [0.15, 0.2) is 42.5 Å². The molecule has 1 aliphatic heterocycles. The normalized spacial score (nSPS) is 13.9. The van der Waals surface area contributed by atoms with E-state index in [-0.39, 0.29) is 5.91 Å². The molecule has 2 aromatic carbocycles. The number of hydrogen-bond acceptors (Lipinski definition) is 3. The number of aryl methyl sites for hydroxylation is 1. The molecule has 1 saturated heterocycles. The maximum absolute atomic E-state index is 12.6. The monoisotopic (exact) mass is 363 g/mol. The van der Waals surface area contributed by atoms with Crippen LogP contribution in [0.4, 0.5) is 11.4 Å². The highest BCUT2D eigenvalue weighted by Crippen LogP contribution is 2.27. The molecule has 2 N–H and O–H groups in total. The topological polar surface area (TPSA) is 57.4 Å². The lowest BCUT2D eigenvalue weighted by molar-refractivity contribution is -0.115. The molecule has 5 nitrogen and oxygen atoms in total. The van der Waals surface area contributed by atoms with E-state index in [1.54, 1.807) is 7.11 Å². The van der Waals surface area contributed by atoms with Crippen LogP contribution in [0.3, 0.4) is 0 Å². The Hall–Kier alpha value is -2.95. The summed E-state index contributed by atoms with van der Waals surface area (Å²) < 4.78 is 5.32. The Morgan fingerprint density at radius 2 is 1.89 bits per heavy atom. The molecule has 1 fully saturated rings. The van der Waals surface area contributed by atoms with Crippen LogP contribution >= 0.6 is 0 Å². The number of hydrogen-bond donors (Lipinski definition) is 2. The molecule has 1 aliphatic rings. The molecule has 27 heavy (non-hydrogen) atoms. The minimum absolute atomic E-state index is 0.0178. The Bertz CT molecular complexity index is 954.